The van der Waals surface area contributed by atoms with E-state index in [9.17, 15) is 4.39 Å². The van der Waals surface area contributed by atoms with Crippen molar-refractivity contribution in [2.24, 2.45) is 0 Å². The highest BCUT2D eigenvalue weighted by atomic mass is 35.5. The molecule has 0 atom stereocenters. The van der Waals surface area contributed by atoms with Gasteiger partial charge < -0.3 is 4.98 Å². The molecule has 1 N–H and O–H groups in total. The van der Waals surface area contributed by atoms with Crippen molar-refractivity contribution in [2.45, 2.75) is 6.92 Å². The zero-order chi connectivity index (χ0) is 13.6. The molecule has 0 unspecified atom stereocenters. The number of H-pyrrole nitrogens is 1. The van der Waals surface area contributed by atoms with Crippen LogP contribution in [0.25, 0.3) is 16.7 Å². The van der Waals surface area contributed by atoms with Crippen LogP contribution in [0.1, 0.15) is 5.56 Å². The Morgan fingerprint density at radius 1 is 1.21 bits per heavy atom. The number of aryl methyl sites for hydroxylation is 1. The second kappa shape index (κ2) is 4.47. The van der Waals surface area contributed by atoms with Gasteiger partial charge in [-0.2, -0.15) is 0 Å². The zero-order valence-corrected chi connectivity index (χ0v) is 11.6. The molecule has 96 valence electrons. The van der Waals surface area contributed by atoms with Gasteiger partial charge in [0.25, 0.3) is 0 Å². The summed E-state index contributed by atoms with van der Waals surface area (Å²) < 4.78 is 16.0. The van der Waals surface area contributed by atoms with Gasteiger partial charge in [0.1, 0.15) is 11.3 Å². The highest BCUT2D eigenvalue weighted by Gasteiger charge is 2.13. The van der Waals surface area contributed by atoms with E-state index in [1.807, 2.05) is 25.1 Å². The van der Waals surface area contributed by atoms with E-state index in [-0.39, 0.29) is 5.82 Å². The summed E-state index contributed by atoms with van der Waals surface area (Å²) in [6.07, 6.45) is 0. The zero-order valence-electron chi connectivity index (χ0n) is 10.1. The Bertz CT molecular complexity index is 815. The molecule has 3 rings (SSSR count). The second-order valence-corrected chi connectivity index (χ2v) is 5.10. The van der Waals surface area contributed by atoms with Crippen LogP contribution in [0.4, 0.5) is 4.39 Å². The molecular weight excluding hydrogens is 283 g/mol. The van der Waals surface area contributed by atoms with Crippen LogP contribution < -0.4 is 0 Å². The number of para-hydroxylation sites is 2. The van der Waals surface area contributed by atoms with E-state index in [4.69, 9.17) is 23.8 Å². The minimum atomic E-state index is -0.327. The van der Waals surface area contributed by atoms with Gasteiger partial charge in [-0.3, -0.25) is 4.57 Å². The van der Waals surface area contributed by atoms with E-state index in [0.29, 0.717) is 20.8 Å². The third kappa shape index (κ3) is 1.88. The summed E-state index contributed by atoms with van der Waals surface area (Å²) in [5.74, 6) is -0.327. The SMILES string of the molecule is Cc1cccc(Cl)c1-n1c(=S)[nH]c2c(F)cccc21. The molecule has 0 saturated carbocycles. The average molecular weight is 293 g/mol. The molecule has 2 aromatic carbocycles. The first kappa shape index (κ1) is 12.4. The number of rotatable bonds is 1. The minimum absolute atomic E-state index is 0.327. The number of benzene rings is 2. The van der Waals surface area contributed by atoms with Crippen molar-refractivity contribution in [2.75, 3.05) is 0 Å². The summed E-state index contributed by atoms with van der Waals surface area (Å²) >= 11 is 11.6. The molecule has 3 aromatic rings. The summed E-state index contributed by atoms with van der Waals surface area (Å²) in [5.41, 5.74) is 2.84. The topological polar surface area (TPSA) is 20.7 Å². The van der Waals surface area contributed by atoms with Crippen LogP contribution >= 0.6 is 23.8 Å². The van der Waals surface area contributed by atoms with Crippen LogP contribution in [0.5, 0.6) is 0 Å². The van der Waals surface area contributed by atoms with Gasteiger partial charge in [-0.15, -0.1) is 0 Å². The first-order valence-corrected chi connectivity index (χ1v) is 6.53. The molecule has 2 nitrogen and oxygen atoms in total. The molecule has 1 aromatic heterocycles. The summed E-state index contributed by atoms with van der Waals surface area (Å²) in [5, 5.41) is 0.585. The summed E-state index contributed by atoms with van der Waals surface area (Å²) in [6, 6.07) is 10.5. The summed E-state index contributed by atoms with van der Waals surface area (Å²) in [7, 11) is 0. The van der Waals surface area contributed by atoms with Crippen LogP contribution in [0.3, 0.4) is 0 Å². The lowest BCUT2D eigenvalue weighted by Gasteiger charge is -2.10. The number of hydrogen-bond acceptors (Lipinski definition) is 1. The summed E-state index contributed by atoms with van der Waals surface area (Å²) in [4.78, 5) is 2.89. The van der Waals surface area contributed by atoms with Gasteiger partial charge in [0.05, 0.1) is 16.2 Å². The number of hydrogen-bond donors (Lipinski definition) is 1. The number of aromatic nitrogens is 2. The van der Waals surface area contributed by atoms with E-state index in [0.717, 1.165) is 11.3 Å². The molecule has 5 heteroatoms. The molecule has 0 bridgehead atoms. The van der Waals surface area contributed by atoms with Gasteiger partial charge >= 0.3 is 0 Å². The van der Waals surface area contributed by atoms with Crippen molar-refractivity contribution >= 4 is 34.9 Å². The van der Waals surface area contributed by atoms with Crippen molar-refractivity contribution in [1.29, 1.82) is 0 Å². The molecule has 0 aliphatic heterocycles. The molecule has 0 radical (unpaired) electrons. The monoisotopic (exact) mass is 292 g/mol. The molecule has 0 aliphatic carbocycles. The highest BCUT2D eigenvalue weighted by Crippen LogP contribution is 2.28. The van der Waals surface area contributed by atoms with Crippen LogP contribution in [0.2, 0.25) is 5.02 Å². The van der Waals surface area contributed by atoms with Crippen molar-refractivity contribution in [3.05, 3.63) is 57.6 Å². The van der Waals surface area contributed by atoms with Crippen molar-refractivity contribution in [1.82, 2.24) is 9.55 Å². The van der Waals surface area contributed by atoms with Crippen LogP contribution in [-0.2, 0) is 0 Å². The van der Waals surface area contributed by atoms with Gasteiger partial charge in [0.2, 0.25) is 0 Å². The number of fused-ring (bicyclic) bond motifs is 1. The fourth-order valence-corrected chi connectivity index (χ4v) is 2.82. The first-order valence-electron chi connectivity index (χ1n) is 5.74. The number of imidazole rings is 1. The molecule has 0 fully saturated rings. The third-order valence-corrected chi connectivity index (χ3v) is 3.67. The fraction of sp³-hybridized carbons (Fsp3) is 0.0714. The van der Waals surface area contributed by atoms with Gasteiger partial charge in [-0.25, -0.2) is 4.39 Å². The van der Waals surface area contributed by atoms with Gasteiger partial charge in [-0.1, -0.05) is 29.8 Å². The fourth-order valence-electron chi connectivity index (χ4n) is 2.22. The van der Waals surface area contributed by atoms with Crippen molar-refractivity contribution in [3.63, 3.8) is 0 Å². The third-order valence-electron chi connectivity index (χ3n) is 3.08. The Morgan fingerprint density at radius 3 is 2.68 bits per heavy atom. The van der Waals surface area contributed by atoms with Crippen molar-refractivity contribution < 1.29 is 4.39 Å². The number of aromatic amines is 1. The minimum Gasteiger partial charge on any atom is -0.328 e. The number of halogens is 2. The maximum atomic E-state index is 13.8. The highest BCUT2D eigenvalue weighted by molar-refractivity contribution is 7.71. The molecule has 0 spiro atoms. The Balaban J connectivity index is 2.47. The maximum Gasteiger partial charge on any atom is 0.182 e. The second-order valence-electron chi connectivity index (χ2n) is 4.30. The maximum absolute atomic E-state index is 13.8. The Hall–Kier alpha value is -1.65. The van der Waals surface area contributed by atoms with Crippen LogP contribution in [0.15, 0.2) is 36.4 Å². The predicted molar refractivity (Wildman–Crippen MR) is 78.2 cm³/mol. The number of nitrogens with zero attached hydrogens (tertiary/aromatic N) is 1. The van der Waals surface area contributed by atoms with Gasteiger partial charge in [0.15, 0.2) is 4.77 Å². The quantitative estimate of drug-likeness (QED) is 0.640. The molecule has 0 amide bonds. The molecule has 1 heterocycles. The lowest BCUT2D eigenvalue weighted by atomic mass is 10.2. The molecule has 0 aliphatic rings. The molecule has 19 heavy (non-hydrogen) atoms. The predicted octanol–water partition coefficient (Wildman–Crippen LogP) is 4.79. The van der Waals surface area contributed by atoms with E-state index >= 15 is 0 Å². The number of nitrogens with one attached hydrogen (secondary N) is 1. The smallest absolute Gasteiger partial charge is 0.182 e. The van der Waals surface area contributed by atoms with Crippen LogP contribution in [-0.4, -0.2) is 9.55 Å². The molecular formula is C14H10ClFN2S. The largest absolute Gasteiger partial charge is 0.328 e. The Morgan fingerprint density at radius 2 is 1.95 bits per heavy atom. The van der Waals surface area contributed by atoms with E-state index in [1.165, 1.54) is 6.07 Å². The average Bonchev–Trinajstić information content (AvgIpc) is 2.68. The van der Waals surface area contributed by atoms with E-state index in [2.05, 4.69) is 4.98 Å². The first-order chi connectivity index (χ1) is 9.09. The standard InChI is InChI=1S/C14H10ClFN2S/c1-8-4-2-5-9(15)13(8)18-11-7-3-6-10(16)12(11)17-14(18)19/h2-7H,1H3,(H,17,19). The van der Waals surface area contributed by atoms with Gasteiger partial charge in [-0.05, 0) is 42.9 Å². The Kier molecular flexibility index (Phi) is 2.92. The van der Waals surface area contributed by atoms with Crippen molar-refractivity contribution in [3.8, 4) is 5.69 Å². The van der Waals surface area contributed by atoms with E-state index in [1.54, 1.807) is 16.7 Å². The normalized spacial score (nSPS) is 11.1. The van der Waals surface area contributed by atoms with Crippen LogP contribution in [0, 0.1) is 17.5 Å². The lowest BCUT2D eigenvalue weighted by Crippen LogP contribution is -1.98. The summed E-state index contributed by atoms with van der Waals surface area (Å²) in [6.45, 7) is 1.95. The Labute approximate surface area is 119 Å². The molecule has 0 saturated heterocycles. The lowest BCUT2D eigenvalue weighted by molar-refractivity contribution is 0.637. The van der Waals surface area contributed by atoms with Gasteiger partial charge in [0, 0.05) is 0 Å². The van der Waals surface area contributed by atoms with E-state index < -0.39 is 0 Å².